The molecule has 20 heavy (non-hydrogen) atoms. The molecule has 0 aromatic heterocycles. The van der Waals surface area contributed by atoms with Crippen molar-refractivity contribution >= 4 is 17.9 Å². The van der Waals surface area contributed by atoms with Crippen molar-refractivity contribution in [3.05, 3.63) is 59.7 Å². The minimum atomic E-state index is -1.00. The molecule has 1 N–H and O–H groups in total. The van der Waals surface area contributed by atoms with Crippen LogP contribution in [0, 0.1) is 6.92 Å². The molecule has 0 atom stereocenters. The van der Waals surface area contributed by atoms with E-state index in [4.69, 9.17) is 9.84 Å². The summed E-state index contributed by atoms with van der Waals surface area (Å²) in [5.41, 5.74) is 2.76. The average Bonchev–Trinajstić information content (AvgIpc) is 2.45. The van der Waals surface area contributed by atoms with Gasteiger partial charge in [0.2, 0.25) is 0 Å². The predicted octanol–water partition coefficient (Wildman–Crippen LogP) is 3.21. The Labute approximate surface area is 117 Å². The van der Waals surface area contributed by atoms with Gasteiger partial charge in [0.15, 0.2) is 6.61 Å². The number of carboxylic acids is 1. The highest BCUT2D eigenvalue weighted by Crippen LogP contribution is 2.18. The first-order valence-corrected chi connectivity index (χ1v) is 6.19. The van der Waals surface area contributed by atoms with Gasteiger partial charge in [-0.25, -0.2) is 4.79 Å². The summed E-state index contributed by atoms with van der Waals surface area (Å²) < 4.78 is 5.22. The van der Waals surface area contributed by atoms with Gasteiger partial charge in [0.1, 0.15) is 5.75 Å². The van der Waals surface area contributed by atoms with Crippen LogP contribution in [0.25, 0.3) is 0 Å². The maximum absolute atomic E-state index is 10.5. The minimum Gasteiger partial charge on any atom is -0.481 e. The molecule has 0 aliphatic carbocycles. The van der Waals surface area contributed by atoms with Crippen LogP contribution < -0.4 is 4.74 Å². The van der Waals surface area contributed by atoms with Crippen LogP contribution in [0.15, 0.2) is 53.5 Å². The molecule has 0 unspecified atom stereocenters. The minimum absolute atomic E-state index is 0.366. The van der Waals surface area contributed by atoms with Crippen LogP contribution in [0.5, 0.6) is 5.75 Å². The van der Waals surface area contributed by atoms with Gasteiger partial charge in [-0.3, -0.25) is 4.99 Å². The van der Waals surface area contributed by atoms with Crippen LogP contribution in [0.1, 0.15) is 11.1 Å². The van der Waals surface area contributed by atoms with Crippen molar-refractivity contribution in [1.82, 2.24) is 0 Å². The molecule has 0 fully saturated rings. The molecule has 2 rings (SSSR count). The third-order valence-electron chi connectivity index (χ3n) is 2.66. The topological polar surface area (TPSA) is 58.9 Å². The molecule has 102 valence electrons. The van der Waals surface area contributed by atoms with Crippen molar-refractivity contribution < 1.29 is 14.6 Å². The van der Waals surface area contributed by atoms with E-state index in [1.807, 2.05) is 43.3 Å². The third kappa shape index (κ3) is 3.95. The van der Waals surface area contributed by atoms with Crippen LogP contribution in [0.2, 0.25) is 0 Å². The van der Waals surface area contributed by atoms with Crippen molar-refractivity contribution in [1.29, 1.82) is 0 Å². The highest BCUT2D eigenvalue weighted by molar-refractivity contribution is 5.85. The number of ether oxygens (including phenoxy) is 1. The lowest BCUT2D eigenvalue weighted by molar-refractivity contribution is -0.139. The molecule has 0 amide bonds. The fourth-order valence-electron chi connectivity index (χ4n) is 1.63. The Bertz CT molecular complexity index is 618. The number of aryl methyl sites for hydroxylation is 1. The number of hydrogen-bond acceptors (Lipinski definition) is 3. The van der Waals surface area contributed by atoms with Crippen LogP contribution >= 0.6 is 0 Å². The van der Waals surface area contributed by atoms with Gasteiger partial charge in [-0.15, -0.1) is 0 Å². The number of aliphatic imine (C=N–C) groups is 1. The molecule has 4 nitrogen and oxygen atoms in total. The lowest BCUT2D eigenvalue weighted by atomic mass is 10.2. The summed E-state index contributed by atoms with van der Waals surface area (Å²) in [4.78, 5) is 14.9. The van der Waals surface area contributed by atoms with E-state index in [0.717, 1.165) is 11.3 Å². The Morgan fingerprint density at radius 3 is 2.60 bits per heavy atom. The van der Waals surface area contributed by atoms with Crippen molar-refractivity contribution in [3.63, 3.8) is 0 Å². The van der Waals surface area contributed by atoms with Crippen LogP contribution in [-0.2, 0) is 4.79 Å². The number of rotatable bonds is 5. The summed E-state index contributed by atoms with van der Waals surface area (Å²) in [7, 11) is 0. The fraction of sp³-hybridized carbons (Fsp3) is 0.125. The molecule has 0 aliphatic heterocycles. The Kier molecular flexibility index (Phi) is 4.50. The standard InChI is InChI=1S/C16H15NO3/c1-12-6-8-14(9-7-12)17-10-13-4-2-3-5-15(13)20-11-16(18)19/h2-10H,11H2,1H3,(H,18,19). The van der Waals surface area contributed by atoms with Gasteiger partial charge in [0.25, 0.3) is 0 Å². The van der Waals surface area contributed by atoms with E-state index in [2.05, 4.69) is 4.99 Å². The van der Waals surface area contributed by atoms with E-state index in [0.29, 0.717) is 5.75 Å². The van der Waals surface area contributed by atoms with Gasteiger partial charge in [-0.2, -0.15) is 0 Å². The maximum Gasteiger partial charge on any atom is 0.341 e. The van der Waals surface area contributed by atoms with Gasteiger partial charge < -0.3 is 9.84 Å². The van der Waals surface area contributed by atoms with E-state index in [-0.39, 0.29) is 6.61 Å². The van der Waals surface area contributed by atoms with Crippen LogP contribution in [0.3, 0.4) is 0 Å². The number of carbonyl (C=O) groups is 1. The second-order valence-electron chi connectivity index (χ2n) is 4.31. The molecule has 0 bridgehead atoms. The Morgan fingerprint density at radius 1 is 1.20 bits per heavy atom. The predicted molar refractivity (Wildman–Crippen MR) is 78.0 cm³/mol. The number of nitrogens with zero attached hydrogens (tertiary/aromatic N) is 1. The van der Waals surface area contributed by atoms with Gasteiger partial charge in [0.05, 0.1) is 5.69 Å². The van der Waals surface area contributed by atoms with Crippen molar-refractivity contribution in [2.45, 2.75) is 6.92 Å². The van der Waals surface area contributed by atoms with Crippen molar-refractivity contribution in [3.8, 4) is 5.75 Å². The lowest BCUT2D eigenvalue weighted by Crippen LogP contribution is -2.10. The van der Waals surface area contributed by atoms with Gasteiger partial charge in [-0.1, -0.05) is 29.8 Å². The summed E-state index contributed by atoms with van der Waals surface area (Å²) in [5, 5.41) is 8.64. The molecule has 2 aromatic carbocycles. The number of aliphatic carboxylic acids is 1. The Balaban J connectivity index is 2.16. The van der Waals surface area contributed by atoms with E-state index in [9.17, 15) is 4.79 Å². The first kappa shape index (κ1) is 13.8. The average molecular weight is 269 g/mol. The molecule has 0 aliphatic rings. The van der Waals surface area contributed by atoms with Gasteiger partial charge >= 0.3 is 5.97 Å². The molecule has 0 heterocycles. The van der Waals surface area contributed by atoms with E-state index >= 15 is 0 Å². The largest absolute Gasteiger partial charge is 0.481 e. The zero-order valence-corrected chi connectivity index (χ0v) is 11.1. The highest BCUT2D eigenvalue weighted by Gasteiger charge is 2.03. The summed E-state index contributed by atoms with van der Waals surface area (Å²) in [6.45, 7) is 1.65. The first-order valence-electron chi connectivity index (χ1n) is 6.19. The van der Waals surface area contributed by atoms with Gasteiger partial charge in [-0.05, 0) is 31.2 Å². The monoisotopic (exact) mass is 269 g/mol. The molecule has 0 saturated heterocycles. The highest BCUT2D eigenvalue weighted by atomic mass is 16.5. The summed E-state index contributed by atoms with van der Waals surface area (Å²) >= 11 is 0. The number of para-hydroxylation sites is 1. The zero-order valence-electron chi connectivity index (χ0n) is 11.1. The maximum atomic E-state index is 10.5. The Morgan fingerprint density at radius 2 is 1.90 bits per heavy atom. The summed E-state index contributed by atoms with van der Waals surface area (Å²) in [6, 6.07) is 15.0. The normalized spacial score (nSPS) is 10.7. The molecule has 0 spiro atoms. The van der Waals surface area contributed by atoms with Crippen molar-refractivity contribution in [2.24, 2.45) is 4.99 Å². The first-order chi connectivity index (χ1) is 9.65. The number of benzene rings is 2. The lowest BCUT2D eigenvalue weighted by Gasteiger charge is -2.06. The van der Waals surface area contributed by atoms with E-state index in [1.165, 1.54) is 5.56 Å². The number of hydrogen-bond donors (Lipinski definition) is 1. The van der Waals surface area contributed by atoms with Crippen molar-refractivity contribution in [2.75, 3.05) is 6.61 Å². The smallest absolute Gasteiger partial charge is 0.341 e. The van der Waals surface area contributed by atoms with E-state index in [1.54, 1.807) is 18.3 Å². The number of carboxylic acid groups (broad SMARTS) is 1. The molecule has 4 heteroatoms. The zero-order chi connectivity index (χ0) is 14.4. The molecule has 0 radical (unpaired) electrons. The second kappa shape index (κ2) is 6.52. The fourth-order valence-corrected chi connectivity index (χ4v) is 1.63. The van der Waals surface area contributed by atoms with Crippen LogP contribution in [0.4, 0.5) is 5.69 Å². The molecular formula is C16H15NO3. The third-order valence-corrected chi connectivity index (χ3v) is 2.66. The van der Waals surface area contributed by atoms with Crippen LogP contribution in [-0.4, -0.2) is 23.9 Å². The summed E-state index contributed by atoms with van der Waals surface area (Å²) in [5.74, 6) is -0.499. The quantitative estimate of drug-likeness (QED) is 0.848. The second-order valence-corrected chi connectivity index (χ2v) is 4.31. The molecule has 2 aromatic rings. The Hall–Kier alpha value is -2.62. The molecular weight excluding hydrogens is 254 g/mol. The summed E-state index contributed by atoms with van der Waals surface area (Å²) in [6.07, 6.45) is 1.67. The van der Waals surface area contributed by atoms with Gasteiger partial charge in [0, 0.05) is 11.8 Å². The van der Waals surface area contributed by atoms with E-state index < -0.39 is 5.97 Å². The molecule has 0 saturated carbocycles. The SMILES string of the molecule is Cc1ccc(N=Cc2ccccc2OCC(=O)O)cc1.